The third-order valence-corrected chi connectivity index (χ3v) is 6.11. The highest BCUT2D eigenvalue weighted by Crippen LogP contribution is 2.39. The van der Waals surface area contributed by atoms with Gasteiger partial charge in [-0.25, -0.2) is 4.39 Å². The topological polar surface area (TPSA) is 91.1 Å². The van der Waals surface area contributed by atoms with Crippen molar-refractivity contribution in [2.45, 2.75) is 12.5 Å². The molecule has 1 aliphatic heterocycles. The van der Waals surface area contributed by atoms with Crippen molar-refractivity contribution < 1.29 is 28.3 Å². The van der Waals surface area contributed by atoms with Crippen LogP contribution in [0.1, 0.15) is 27.5 Å². The first kappa shape index (κ1) is 24.3. The van der Waals surface area contributed by atoms with Crippen LogP contribution < -0.4 is 14.2 Å². The third kappa shape index (κ3) is 5.00. The first-order valence-corrected chi connectivity index (χ1v) is 11.1. The maximum absolute atomic E-state index is 13.6. The molecule has 0 saturated carbocycles. The zero-order chi connectivity index (χ0) is 25.1. The molecule has 0 radical (unpaired) electrons. The maximum atomic E-state index is 13.6. The van der Waals surface area contributed by atoms with E-state index in [9.17, 15) is 19.3 Å². The van der Waals surface area contributed by atoms with Gasteiger partial charge in [0.15, 0.2) is 11.5 Å². The zero-order valence-electron chi connectivity index (χ0n) is 19.0. The van der Waals surface area contributed by atoms with Gasteiger partial charge in [-0.1, -0.05) is 11.6 Å². The molecule has 0 aliphatic carbocycles. The molecule has 1 amide bonds. The highest BCUT2D eigenvalue weighted by molar-refractivity contribution is 6.31. The Balaban J connectivity index is 1.76. The predicted molar refractivity (Wildman–Crippen MR) is 127 cm³/mol. The van der Waals surface area contributed by atoms with Crippen molar-refractivity contribution in [3.8, 4) is 17.2 Å². The summed E-state index contributed by atoms with van der Waals surface area (Å²) in [5.74, 6) is 0.491. The van der Waals surface area contributed by atoms with Gasteiger partial charge in [-0.15, -0.1) is 0 Å². The lowest BCUT2D eigenvalue weighted by Gasteiger charge is -2.37. The Hall–Kier alpha value is -3.85. The number of halogens is 2. The summed E-state index contributed by atoms with van der Waals surface area (Å²) in [7, 11) is 3.05. The molecule has 1 atom stereocenters. The molecule has 1 unspecified atom stereocenters. The number of hydrogen-bond donors (Lipinski definition) is 0. The van der Waals surface area contributed by atoms with Gasteiger partial charge in [-0.05, 0) is 66.1 Å². The molecule has 0 aromatic heterocycles. The molecule has 0 N–H and O–H groups in total. The van der Waals surface area contributed by atoms with Crippen molar-refractivity contribution >= 4 is 23.2 Å². The van der Waals surface area contributed by atoms with Crippen molar-refractivity contribution in [2.24, 2.45) is 0 Å². The predicted octanol–water partition coefficient (Wildman–Crippen LogP) is 5.22. The van der Waals surface area contributed by atoms with Crippen LogP contribution in [0.5, 0.6) is 17.2 Å². The van der Waals surface area contributed by atoms with Gasteiger partial charge in [0, 0.05) is 17.6 Å². The van der Waals surface area contributed by atoms with E-state index >= 15 is 0 Å². The van der Waals surface area contributed by atoms with E-state index in [4.69, 9.17) is 25.8 Å². The van der Waals surface area contributed by atoms with E-state index in [-0.39, 0.29) is 29.4 Å². The van der Waals surface area contributed by atoms with Gasteiger partial charge in [0.1, 0.15) is 23.7 Å². The second-order valence-corrected chi connectivity index (χ2v) is 8.29. The van der Waals surface area contributed by atoms with E-state index in [0.717, 1.165) is 11.1 Å². The van der Waals surface area contributed by atoms with E-state index in [1.165, 1.54) is 61.6 Å². The first-order valence-electron chi connectivity index (χ1n) is 10.7. The Morgan fingerprint density at radius 1 is 1.11 bits per heavy atom. The number of nitro groups is 1. The number of carbonyl (C=O) groups excluding carboxylic acids is 1. The molecular weight excluding hydrogens is 479 g/mol. The first-order chi connectivity index (χ1) is 16.8. The lowest BCUT2D eigenvalue weighted by molar-refractivity contribution is -0.385. The van der Waals surface area contributed by atoms with Crippen molar-refractivity contribution in [1.29, 1.82) is 0 Å². The second kappa shape index (κ2) is 10.2. The number of nitro benzene ring substituents is 1. The van der Waals surface area contributed by atoms with Crippen LogP contribution in [0, 0.1) is 15.9 Å². The van der Waals surface area contributed by atoms with Crippen LogP contribution in [-0.4, -0.2) is 43.1 Å². The highest BCUT2D eigenvalue weighted by atomic mass is 35.5. The molecule has 0 fully saturated rings. The summed E-state index contributed by atoms with van der Waals surface area (Å²) in [6.45, 7) is 0.302. The molecule has 1 heterocycles. The highest BCUT2D eigenvalue weighted by Gasteiger charge is 2.36. The third-order valence-electron chi connectivity index (χ3n) is 5.87. The summed E-state index contributed by atoms with van der Waals surface area (Å²) in [6, 6.07) is 12.4. The fraction of sp³-hybridized carbons (Fsp3) is 0.240. The monoisotopic (exact) mass is 500 g/mol. The minimum atomic E-state index is -0.616. The Labute approximate surface area is 205 Å². The van der Waals surface area contributed by atoms with Gasteiger partial charge in [0.25, 0.3) is 11.6 Å². The Morgan fingerprint density at radius 2 is 1.80 bits per heavy atom. The lowest BCUT2D eigenvalue weighted by atomic mass is 9.91. The number of ether oxygens (including phenoxy) is 3. The van der Waals surface area contributed by atoms with Crippen molar-refractivity contribution in [3.05, 3.63) is 92.2 Å². The molecule has 4 rings (SSSR count). The van der Waals surface area contributed by atoms with Crippen LogP contribution in [0.3, 0.4) is 0 Å². The molecular formula is C25H22ClFN2O6. The van der Waals surface area contributed by atoms with E-state index in [1.54, 1.807) is 6.07 Å². The maximum Gasteiger partial charge on any atom is 0.282 e. The summed E-state index contributed by atoms with van der Waals surface area (Å²) < 4.78 is 30.1. The van der Waals surface area contributed by atoms with E-state index < -0.39 is 22.7 Å². The largest absolute Gasteiger partial charge is 0.493 e. The fourth-order valence-corrected chi connectivity index (χ4v) is 4.32. The number of benzene rings is 3. The average Bonchev–Trinajstić information content (AvgIpc) is 2.86. The summed E-state index contributed by atoms with van der Waals surface area (Å²) in [6.07, 6.45) is 0.489. The normalized spacial score (nSPS) is 14.7. The molecule has 0 bridgehead atoms. The van der Waals surface area contributed by atoms with E-state index in [2.05, 4.69) is 0 Å². The molecule has 3 aromatic carbocycles. The van der Waals surface area contributed by atoms with Crippen LogP contribution in [0.4, 0.5) is 10.1 Å². The minimum Gasteiger partial charge on any atom is -0.493 e. The lowest BCUT2D eigenvalue weighted by Crippen LogP contribution is -2.42. The van der Waals surface area contributed by atoms with Crippen molar-refractivity contribution in [3.63, 3.8) is 0 Å². The van der Waals surface area contributed by atoms with Gasteiger partial charge < -0.3 is 19.1 Å². The van der Waals surface area contributed by atoms with E-state index in [0.29, 0.717) is 23.7 Å². The van der Waals surface area contributed by atoms with Gasteiger partial charge in [0.05, 0.1) is 25.2 Å². The number of rotatable bonds is 7. The van der Waals surface area contributed by atoms with Crippen molar-refractivity contribution in [2.75, 3.05) is 27.4 Å². The second-order valence-electron chi connectivity index (χ2n) is 7.85. The SMILES string of the molecule is COc1cc2c(cc1OC)C(COc1ccc(F)cc1)N(C(=O)c1cc(Cl)ccc1[N+](=O)[O-])CC2. The Bertz CT molecular complexity index is 1270. The van der Waals surface area contributed by atoms with Crippen LogP contribution in [0.15, 0.2) is 54.6 Å². The molecule has 0 spiro atoms. The van der Waals surface area contributed by atoms with E-state index in [1.807, 2.05) is 6.07 Å². The summed E-state index contributed by atoms with van der Waals surface area (Å²) in [5, 5.41) is 11.8. The smallest absolute Gasteiger partial charge is 0.282 e. The number of carbonyl (C=O) groups is 1. The molecule has 3 aromatic rings. The number of methoxy groups -OCH3 is 2. The van der Waals surface area contributed by atoms with Gasteiger partial charge in [-0.2, -0.15) is 0 Å². The van der Waals surface area contributed by atoms with Gasteiger partial charge >= 0.3 is 0 Å². The summed E-state index contributed by atoms with van der Waals surface area (Å²) in [5.41, 5.74) is 1.24. The van der Waals surface area contributed by atoms with Crippen LogP contribution in [-0.2, 0) is 6.42 Å². The van der Waals surface area contributed by atoms with Crippen LogP contribution in [0.25, 0.3) is 0 Å². The molecule has 0 saturated heterocycles. The van der Waals surface area contributed by atoms with Crippen LogP contribution in [0.2, 0.25) is 5.02 Å². The Morgan fingerprint density at radius 3 is 2.46 bits per heavy atom. The number of hydrogen-bond acceptors (Lipinski definition) is 6. The number of nitrogens with zero attached hydrogens (tertiary/aromatic N) is 2. The number of amides is 1. The van der Waals surface area contributed by atoms with Gasteiger partial charge in [-0.3, -0.25) is 14.9 Å². The fourth-order valence-electron chi connectivity index (χ4n) is 4.15. The van der Waals surface area contributed by atoms with Crippen LogP contribution >= 0.6 is 11.6 Å². The molecule has 182 valence electrons. The summed E-state index contributed by atoms with van der Waals surface area (Å²) in [4.78, 5) is 26.1. The summed E-state index contributed by atoms with van der Waals surface area (Å²) >= 11 is 6.07. The molecule has 35 heavy (non-hydrogen) atoms. The molecule has 1 aliphatic rings. The minimum absolute atomic E-state index is 0.0220. The number of fused-ring (bicyclic) bond motifs is 1. The zero-order valence-corrected chi connectivity index (χ0v) is 19.8. The molecule has 8 nitrogen and oxygen atoms in total. The standard InChI is InChI=1S/C25H22ClFN2O6/c1-33-23-11-15-9-10-28(25(30)20-12-16(26)3-8-21(20)29(31)32)22(19(15)13-24(23)34-2)14-35-18-6-4-17(27)5-7-18/h3-8,11-13,22H,9-10,14H2,1-2H3. The quantitative estimate of drug-likeness (QED) is 0.326. The van der Waals surface area contributed by atoms with Crippen molar-refractivity contribution in [1.82, 2.24) is 4.90 Å². The molecule has 10 heteroatoms. The average molecular weight is 501 g/mol. The van der Waals surface area contributed by atoms with Gasteiger partial charge in [0.2, 0.25) is 0 Å². The Kier molecular flexibility index (Phi) is 7.07.